The lowest BCUT2D eigenvalue weighted by atomic mass is 9.98. The number of hydrogen-bond acceptors (Lipinski definition) is 5. The van der Waals surface area contributed by atoms with Gasteiger partial charge in [0, 0.05) is 25.2 Å². The summed E-state index contributed by atoms with van der Waals surface area (Å²) in [5.74, 6) is 2.51. The summed E-state index contributed by atoms with van der Waals surface area (Å²) in [4.78, 5) is 2.42. The third-order valence-electron chi connectivity index (χ3n) is 4.36. The van der Waals surface area contributed by atoms with Gasteiger partial charge in [0.25, 0.3) is 0 Å². The first kappa shape index (κ1) is 14.9. The largest absolute Gasteiger partial charge is 0.493 e. The summed E-state index contributed by atoms with van der Waals surface area (Å²) in [5, 5.41) is 4.04. The van der Waals surface area contributed by atoms with Crippen LogP contribution in [0.5, 0.6) is 11.5 Å². The predicted molar refractivity (Wildman–Crippen MR) is 83.3 cm³/mol. The van der Waals surface area contributed by atoms with Gasteiger partial charge in [0.05, 0.1) is 19.9 Å². The van der Waals surface area contributed by atoms with E-state index in [1.54, 1.807) is 14.2 Å². The second-order valence-corrected chi connectivity index (χ2v) is 5.74. The van der Waals surface area contributed by atoms with E-state index >= 15 is 0 Å². The fraction of sp³-hybridized carbons (Fsp3) is 0.471. The van der Waals surface area contributed by atoms with Crippen LogP contribution >= 0.6 is 0 Å². The summed E-state index contributed by atoms with van der Waals surface area (Å²) >= 11 is 0. The van der Waals surface area contributed by atoms with Crippen LogP contribution in [0.1, 0.15) is 28.1 Å². The zero-order valence-corrected chi connectivity index (χ0v) is 13.6. The molecule has 22 heavy (non-hydrogen) atoms. The average Bonchev–Trinajstić information content (AvgIpc) is 2.85. The SMILES string of the molecule is COc1cc2c(cc1OC)CN(Cc1c(C)noc1C)CC2. The summed E-state index contributed by atoms with van der Waals surface area (Å²) in [6.07, 6.45) is 1.01. The molecule has 5 heteroatoms. The molecule has 0 N–H and O–H groups in total. The number of methoxy groups -OCH3 is 2. The third kappa shape index (κ3) is 2.68. The van der Waals surface area contributed by atoms with Crippen LogP contribution < -0.4 is 9.47 Å². The van der Waals surface area contributed by atoms with Crippen molar-refractivity contribution in [3.63, 3.8) is 0 Å². The molecule has 0 atom stereocenters. The first-order valence-corrected chi connectivity index (χ1v) is 7.50. The van der Waals surface area contributed by atoms with Gasteiger partial charge in [-0.05, 0) is 43.5 Å². The lowest BCUT2D eigenvalue weighted by Gasteiger charge is -2.29. The molecule has 5 nitrogen and oxygen atoms in total. The van der Waals surface area contributed by atoms with Gasteiger partial charge >= 0.3 is 0 Å². The molecule has 0 fully saturated rings. The third-order valence-corrected chi connectivity index (χ3v) is 4.36. The Morgan fingerprint density at radius 1 is 1.14 bits per heavy atom. The van der Waals surface area contributed by atoms with E-state index < -0.39 is 0 Å². The molecule has 0 unspecified atom stereocenters. The van der Waals surface area contributed by atoms with Gasteiger partial charge in [-0.2, -0.15) is 0 Å². The lowest BCUT2D eigenvalue weighted by Crippen LogP contribution is -2.30. The highest BCUT2D eigenvalue weighted by Gasteiger charge is 2.21. The maximum Gasteiger partial charge on any atom is 0.161 e. The number of nitrogens with zero attached hydrogens (tertiary/aromatic N) is 2. The summed E-state index contributed by atoms with van der Waals surface area (Å²) in [6.45, 7) is 6.76. The smallest absolute Gasteiger partial charge is 0.161 e. The van der Waals surface area contributed by atoms with Crippen molar-refractivity contribution < 1.29 is 14.0 Å². The Labute approximate surface area is 130 Å². The van der Waals surface area contributed by atoms with E-state index in [4.69, 9.17) is 14.0 Å². The van der Waals surface area contributed by atoms with Crippen LogP contribution in [0.2, 0.25) is 0 Å². The molecular weight excluding hydrogens is 280 g/mol. The number of rotatable bonds is 4. The van der Waals surface area contributed by atoms with E-state index in [0.717, 1.165) is 49.0 Å². The number of fused-ring (bicyclic) bond motifs is 1. The van der Waals surface area contributed by atoms with Crippen molar-refractivity contribution in [1.82, 2.24) is 10.1 Å². The highest BCUT2D eigenvalue weighted by atomic mass is 16.5. The van der Waals surface area contributed by atoms with Crippen LogP contribution in [0.3, 0.4) is 0 Å². The molecule has 1 aromatic heterocycles. The minimum atomic E-state index is 0.792. The molecule has 1 aromatic carbocycles. The van der Waals surface area contributed by atoms with E-state index in [1.807, 2.05) is 13.8 Å². The van der Waals surface area contributed by atoms with Gasteiger partial charge in [0.15, 0.2) is 11.5 Å². The maximum atomic E-state index is 5.41. The van der Waals surface area contributed by atoms with E-state index in [2.05, 4.69) is 22.2 Å². The van der Waals surface area contributed by atoms with Gasteiger partial charge in [0.2, 0.25) is 0 Å². The zero-order chi connectivity index (χ0) is 15.7. The Kier molecular flexibility index (Phi) is 4.07. The normalized spacial score (nSPS) is 14.7. The van der Waals surface area contributed by atoms with Gasteiger partial charge in [-0.15, -0.1) is 0 Å². The van der Waals surface area contributed by atoms with Gasteiger partial charge in [-0.25, -0.2) is 0 Å². The highest BCUT2D eigenvalue weighted by Crippen LogP contribution is 2.33. The standard InChI is InChI=1S/C17H22N2O3/c1-11-15(12(2)22-18-11)10-19-6-5-13-7-16(20-3)17(21-4)8-14(13)9-19/h7-8H,5-6,9-10H2,1-4H3. The Balaban J connectivity index is 1.81. The number of ether oxygens (including phenoxy) is 2. The summed E-state index contributed by atoms with van der Waals surface area (Å²) in [5.41, 5.74) is 4.82. The van der Waals surface area contributed by atoms with E-state index in [0.29, 0.717) is 0 Å². The quantitative estimate of drug-likeness (QED) is 0.869. The predicted octanol–water partition coefficient (Wildman–Crippen LogP) is 2.87. The van der Waals surface area contributed by atoms with Gasteiger partial charge < -0.3 is 14.0 Å². The van der Waals surface area contributed by atoms with Gasteiger partial charge in [-0.3, -0.25) is 4.90 Å². The van der Waals surface area contributed by atoms with Gasteiger partial charge in [0.1, 0.15) is 5.76 Å². The number of aromatic nitrogens is 1. The lowest BCUT2D eigenvalue weighted by molar-refractivity contribution is 0.242. The van der Waals surface area contributed by atoms with Crippen LogP contribution in [-0.2, 0) is 19.5 Å². The molecule has 1 aliphatic rings. The second kappa shape index (κ2) is 6.01. The molecule has 2 aromatic rings. The number of benzene rings is 1. The molecule has 0 amide bonds. The number of aryl methyl sites for hydroxylation is 2. The monoisotopic (exact) mass is 302 g/mol. The van der Waals surface area contributed by atoms with Crippen molar-refractivity contribution in [2.45, 2.75) is 33.4 Å². The van der Waals surface area contributed by atoms with Crippen molar-refractivity contribution in [3.05, 3.63) is 40.3 Å². The first-order valence-electron chi connectivity index (χ1n) is 7.50. The molecule has 1 aliphatic heterocycles. The van der Waals surface area contributed by atoms with E-state index in [1.165, 1.54) is 16.7 Å². The number of hydrogen-bond donors (Lipinski definition) is 0. The summed E-state index contributed by atoms with van der Waals surface area (Å²) in [6, 6.07) is 4.19. The van der Waals surface area contributed by atoms with Crippen molar-refractivity contribution in [3.8, 4) is 11.5 Å². The molecule has 3 rings (SSSR count). The van der Waals surface area contributed by atoms with Crippen LogP contribution in [0.25, 0.3) is 0 Å². The van der Waals surface area contributed by atoms with Crippen LogP contribution in [-0.4, -0.2) is 30.8 Å². The van der Waals surface area contributed by atoms with Crippen LogP contribution in [0.15, 0.2) is 16.7 Å². The summed E-state index contributed by atoms with van der Waals surface area (Å²) < 4.78 is 16.1. The Morgan fingerprint density at radius 2 is 1.82 bits per heavy atom. The molecule has 0 radical (unpaired) electrons. The first-order chi connectivity index (χ1) is 10.6. The molecular formula is C17H22N2O3. The van der Waals surface area contributed by atoms with Crippen molar-refractivity contribution >= 4 is 0 Å². The zero-order valence-electron chi connectivity index (χ0n) is 13.6. The fourth-order valence-corrected chi connectivity index (χ4v) is 3.03. The average molecular weight is 302 g/mol. The molecule has 0 aliphatic carbocycles. The van der Waals surface area contributed by atoms with Crippen molar-refractivity contribution in [2.24, 2.45) is 0 Å². The Bertz CT molecular complexity index is 659. The highest BCUT2D eigenvalue weighted by molar-refractivity contribution is 5.48. The molecule has 118 valence electrons. The Morgan fingerprint density at radius 3 is 2.41 bits per heavy atom. The van der Waals surface area contributed by atoms with E-state index in [9.17, 15) is 0 Å². The maximum absolute atomic E-state index is 5.41. The van der Waals surface area contributed by atoms with Crippen LogP contribution in [0.4, 0.5) is 0 Å². The summed E-state index contributed by atoms with van der Waals surface area (Å²) in [7, 11) is 3.35. The molecule has 0 saturated carbocycles. The van der Waals surface area contributed by atoms with E-state index in [-0.39, 0.29) is 0 Å². The topological polar surface area (TPSA) is 47.7 Å². The van der Waals surface area contributed by atoms with Crippen molar-refractivity contribution in [1.29, 1.82) is 0 Å². The second-order valence-electron chi connectivity index (χ2n) is 5.74. The Hall–Kier alpha value is -2.01. The fourth-order valence-electron chi connectivity index (χ4n) is 3.03. The molecule has 2 heterocycles. The van der Waals surface area contributed by atoms with Crippen LogP contribution in [0, 0.1) is 13.8 Å². The minimum Gasteiger partial charge on any atom is -0.493 e. The van der Waals surface area contributed by atoms with Crippen molar-refractivity contribution in [2.75, 3.05) is 20.8 Å². The molecule has 0 bridgehead atoms. The minimum absolute atomic E-state index is 0.792. The van der Waals surface area contributed by atoms with Gasteiger partial charge in [-0.1, -0.05) is 5.16 Å². The molecule has 0 saturated heterocycles. The molecule has 0 spiro atoms.